The third-order valence-corrected chi connectivity index (χ3v) is 2.86. The van der Waals surface area contributed by atoms with E-state index >= 15 is 0 Å². The second-order valence-corrected chi connectivity index (χ2v) is 4.16. The van der Waals surface area contributed by atoms with Crippen molar-refractivity contribution in [2.45, 2.75) is 13.5 Å². The number of hydrogen-bond acceptors (Lipinski definition) is 5. The SMILES string of the molecule is COC(=O)c1ccc(C(=O)NCc2cnoc2C)cc1. The molecule has 1 aromatic heterocycles. The van der Waals surface area contributed by atoms with Gasteiger partial charge in [-0.2, -0.15) is 0 Å². The predicted octanol–water partition coefficient (Wildman–Crippen LogP) is 1.70. The average Bonchev–Trinajstić information content (AvgIpc) is 2.89. The molecule has 1 N–H and O–H groups in total. The molecule has 0 unspecified atom stereocenters. The third-order valence-electron chi connectivity index (χ3n) is 2.86. The van der Waals surface area contributed by atoms with E-state index < -0.39 is 5.97 Å². The first-order chi connectivity index (χ1) is 9.61. The number of carbonyl (C=O) groups is 2. The molecule has 0 aliphatic rings. The van der Waals surface area contributed by atoms with Gasteiger partial charge in [0.05, 0.1) is 18.9 Å². The average molecular weight is 274 g/mol. The second-order valence-electron chi connectivity index (χ2n) is 4.16. The number of benzene rings is 1. The number of amides is 1. The van der Waals surface area contributed by atoms with Crippen molar-refractivity contribution in [2.75, 3.05) is 7.11 Å². The van der Waals surface area contributed by atoms with Crippen molar-refractivity contribution in [1.82, 2.24) is 10.5 Å². The highest BCUT2D eigenvalue weighted by atomic mass is 16.5. The van der Waals surface area contributed by atoms with E-state index in [-0.39, 0.29) is 5.91 Å². The van der Waals surface area contributed by atoms with Crippen LogP contribution in [0.4, 0.5) is 0 Å². The van der Waals surface area contributed by atoms with Crippen LogP contribution in [0.15, 0.2) is 35.0 Å². The van der Waals surface area contributed by atoms with Crippen LogP contribution in [0.1, 0.15) is 32.0 Å². The monoisotopic (exact) mass is 274 g/mol. The zero-order valence-corrected chi connectivity index (χ0v) is 11.2. The van der Waals surface area contributed by atoms with Gasteiger partial charge in [-0.1, -0.05) is 5.16 Å². The van der Waals surface area contributed by atoms with Crippen LogP contribution in [-0.4, -0.2) is 24.1 Å². The van der Waals surface area contributed by atoms with Crippen molar-refractivity contribution in [3.05, 3.63) is 52.9 Å². The molecular weight excluding hydrogens is 260 g/mol. The zero-order valence-electron chi connectivity index (χ0n) is 11.2. The van der Waals surface area contributed by atoms with Crippen molar-refractivity contribution in [2.24, 2.45) is 0 Å². The maximum atomic E-state index is 11.9. The molecule has 0 saturated heterocycles. The van der Waals surface area contributed by atoms with Gasteiger partial charge < -0.3 is 14.6 Å². The molecule has 0 bridgehead atoms. The fourth-order valence-electron chi connectivity index (χ4n) is 1.64. The largest absolute Gasteiger partial charge is 0.465 e. The van der Waals surface area contributed by atoms with Crippen LogP contribution in [0.5, 0.6) is 0 Å². The molecule has 6 nitrogen and oxygen atoms in total. The van der Waals surface area contributed by atoms with Crippen LogP contribution in [0, 0.1) is 6.92 Å². The Bertz CT molecular complexity index is 616. The summed E-state index contributed by atoms with van der Waals surface area (Å²) in [4.78, 5) is 23.2. The molecule has 0 radical (unpaired) electrons. The number of esters is 1. The molecule has 0 atom stereocenters. The lowest BCUT2D eigenvalue weighted by Crippen LogP contribution is -2.22. The maximum absolute atomic E-state index is 11.9. The van der Waals surface area contributed by atoms with E-state index in [0.717, 1.165) is 5.56 Å². The van der Waals surface area contributed by atoms with E-state index in [0.29, 0.717) is 23.4 Å². The summed E-state index contributed by atoms with van der Waals surface area (Å²) in [6, 6.07) is 6.24. The highest BCUT2D eigenvalue weighted by Crippen LogP contribution is 2.08. The summed E-state index contributed by atoms with van der Waals surface area (Å²) in [6.45, 7) is 2.12. The first-order valence-corrected chi connectivity index (χ1v) is 5.98. The number of nitrogens with one attached hydrogen (secondary N) is 1. The minimum absolute atomic E-state index is 0.234. The Hall–Kier alpha value is -2.63. The van der Waals surface area contributed by atoms with Gasteiger partial charge in [0.1, 0.15) is 5.76 Å². The summed E-state index contributed by atoms with van der Waals surface area (Å²) in [5.74, 6) is 0.00501. The van der Waals surface area contributed by atoms with E-state index in [1.54, 1.807) is 37.4 Å². The number of ether oxygens (including phenoxy) is 1. The normalized spacial score (nSPS) is 10.1. The number of hydrogen-bond donors (Lipinski definition) is 1. The van der Waals surface area contributed by atoms with Gasteiger partial charge in [0, 0.05) is 17.7 Å². The molecule has 0 saturated carbocycles. The first-order valence-electron chi connectivity index (χ1n) is 5.98. The van der Waals surface area contributed by atoms with Crippen molar-refractivity contribution >= 4 is 11.9 Å². The van der Waals surface area contributed by atoms with Gasteiger partial charge in [-0.25, -0.2) is 4.79 Å². The number of methoxy groups -OCH3 is 1. The van der Waals surface area contributed by atoms with Crippen LogP contribution in [0.2, 0.25) is 0 Å². The van der Waals surface area contributed by atoms with E-state index in [9.17, 15) is 9.59 Å². The lowest BCUT2D eigenvalue weighted by atomic mass is 10.1. The quantitative estimate of drug-likeness (QED) is 0.858. The van der Waals surface area contributed by atoms with Crippen molar-refractivity contribution in [3.63, 3.8) is 0 Å². The van der Waals surface area contributed by atoms with E-state index in [2.05, 4.69) is 15.2 Å². The second kappa shape index (κ2) is 6.01. The molecule has 6 heteroatoms. The smallest absolute Gasteiger partial charge is 0.337 e. The summed E-state index contributed by atoms with van der Waals surface area (Å²) in [5, 5.41) is 6.38. The zero-order chi connectivity index (χ0) is 14.5. The summed E-state index contributed by atoms with van der Waals surface area (Å²) in [6.07, 6.45) is 1.57. The van der Waals surface area contributed by atoms with Crippen LogP contribution in [0.25, 0.3) is 0 Å². The molecule has 0 aliphatic carbocycles. The number of aromatic nitrogens is 1. The van der Waals surface area contributed by atoms with Crippen molar-refractivity contribution < 1.29 is 18.8 Å². The molecule has 1 amide bonds. The molecule has 1 aromatic carbocycles. The van der Waals surface area contributed by atoms with Crippen LogP contribution >= 0.6 is 0 Å². The Balaban J connectivity index is 1.99. The van der Waals surface area contributed by atoms with E-state index in [4.69, 9.17) is 4.52 Å². The van der Waals surface area contributed by atoms with Crippen LogP contribution < -0.4 is 5.32 Å². The number of aryl methyl sites for hydroxylation is 1. The molecule has 2 aromatic rings. The van der Waals surface area contributed by atoms with Gasteiger partial charge in [0.15, 0.2) is 0 Å². The molecule has 2 rings (SSSR count). The van der Waals surface area contributed by atoms with Crippen molar-refractivity contribution in [3.8, 4) is 0 Å². The summed E-state index contributed by atoms with van der Waals surface area (Å²) in [5.41, 5.74) is 1.69. The molecular formula is C14H14N2O4. The fourth-order valence-corrected chi connectivity index (χ4v) is 1.64. The Morgan fingerprint density at radius 1 is 1.25 bits per heavy atom. The van der Waals surface area contributed by atoms with Crippen LogP contribution in [0.3, 0.4) is 0 Å². The van der Waals surface area contributed by atoms with E-state index in [1.165, 1.54) is 7.11 Å². The molecule has 20 heavy (non-hydrogen) atoms. The van der Waals surface area contributed by atoms with Gasteiger partial charge in [0.25, 0.3) is 5.91 Å². The van der Waals surface area contributed by atoms with Gasteiger partial charge in [-0.15, -0.1) is 0 Å². The number of rotatable bonds is 4. The lowest BCUT2D eigenvalue weighted by Gasteiger charge is -2.05. The Kier molecular flexibility index (Phi) is 4.14. The first kappa shape index (κ1) is 13.8. The molecule has 0 fully saturated rings. The Morgan fingerprint density at radius 2 is 1.90 bits per heavy atom. The molecule has 0 spiro atoms. The minimum Gasteiger partial charge on any atom is -0.465 e. The molecule has 0 aliphatic heterocycles. The summed E-state index contributed by atoms with van der Waals surface area (Å²) in [7, 11) is 1.31. The molecule has 1 heterocycles. The topological polar surface area (TPSA) is 81.4 Å². The standard InChI is InChI=1S/C14H14N2O4/c1-9-12(8-16-20-9)7-15-13(17)10-3-5-11(6-4-10)14(18)19-2/h3-6,8H,7H2,1-2H3,(H,15,17). The molecule has 104 valence electrons. The fraction of sp³-hybridized carbons (Fsp3) is 0.214. The minimum atomic E-state index is -0.433. The number of nitrogens with zero attached hydrogens (tertiary/aromatic N) is 1. The summed E-state index contributed by atoms with van der Waals surface area (Å²) >= 11 is 0. The lowest BCUT2D eigenvalue weighted by molar-refractivity contribution is 0.0600. The highest BCUT2D eigenvalue weighted by molar-refractivity contribution is 5.96. The Morgan fingerprint density at radius 3 is 2.45 bits per heavy atom. The summed E-state index contributed by atoms with van der Waals surface area (Å²) < 4.78 is 9.49. The van der Waals surface area contributed by atoms with Gasteiger partial charge >= 0.3 is 5.97 Å². The van der Waals surface area contributed by atoms with E-state index in [1.807, 2.05) is 0 Å². The van der Waals surface area contributed by atoms with Gasteiger partial charge in [0.2, 0.25) is 0 Å². The van der Waals surface area contributed by atoms with Crippen LogP contribution in [-0.2, 0) is 11.3 Å². The number of carbonyl (C=O) groups excluding carboxylic acids is 2. The predicted molar refractivity (Wildman–Crippen MR) is 70.2 cm³/mol. The van der Waals surface area contributed by atoms with Gasteiger partial charge in [-0.05, 0) is 31.2 Å². The maximum Gasteiger partial charge on any atom is 0.337 e. The highest BCUT2D eigenvalue weighted by Gasteiger charge is 2.10. The van der Waals surface area contributed by atoms with Gasteiger partial charge in [-0.3, -0.25) is 4.79 Å². The van der Waals surface area contributed by atoms with Crippen molar-refractivity contribution in [1.29, 1.82) is 0 Å². The Labute approximate surface area is 115 Å². The third kappa shape index (κ3) is 3.03.